The molecule has 0 aliphatic carbocycles. The highest BCUT2D eigenvalue weighted by atomic mass is 79.9. The van der Waals surface area contributed by atoms with Gasteiger partial charge >= 0.3 is 0 Å². The van der Waals surface area contributed by atoms with Gasteiger partial charge in [-0.3, -0.25) is 4.72 Å². The number of hydrogen-bond acceptors (Lipinski definition) is 4. The van der Waals surface area contributed by atoms with E-state index in [0.717, 1.165) is 0 Å². The number of nitrogens with one attached hydrogen (secondary N) is 1. The molecule has 0 aliphatic heterocycles. The van der Waals surface area contributed by atoms with Crippen LogP contribution < -0.4 is 10.5 Å². The van der Waals surface area contributed by atoms with E-state index < -0.39 is 10.0 Å². The molecule has 8 heteroatoms. The predicted octanol–water partition coefficient (Wildman–Crippen LogP) is 3.30. The van der Waals surface area contributed by atoms with Gasteiger partial charge in [-0.2, -0.15) is 0 Å². The topological polar surface area (TPSA) is 92.4 Å². The zero-order chi connectivity index (χ0) is 14.9. The lowest BCUT2D eigenvalue weighted by Crippen LogP contribution is -2.14. The lowest BCUT2D eigenvalue weighted by Gasteiger charge is -2.12. The number of aromatic hydroxyl groups is 1. The van der Waals surface area contributed by atoms with E-state index in [1.54, 1.807) is 12.1 Å². The van der Waals surface area contributed by atoms with Crippen LogP contribution in [-0.4, -0.2) is 13.5 Å². The van der Waals surface area contributed by atoms with Crippen molar-refractivity contribution in [3.8, 4) is 5.75 Å². The number of nitrogen functional groups attached to an aromatic ring is 1. The van der Waals surface area contributed by atoms with Crippen LogP contribution in [-0.2, 0) is 10.0 Å². The van der Waals surface area contributed by atoms with E-state index in [0.29, 0.717) is 8.95 Å². The fraction of sp³-hybridized carbons (Fsp3) is 0. The highest BCUT2D eigenvalue weighted by molar-refractivity contribution is 9.11. The first-order valence-electron chi connectivity index (χ1n) is 5.36. The number of hydrogen-bond donors (Lipinski definition) is 3. The molecule has 0 fully saturated rings. The molecule has 0 unspecified atom stereocenters. The summed E-state index contributed by atoms with van der Waals surface area (Å²) >= 11 is 6.43. The van der Waals surface area contributed by atoms with Gasteiger partial charge in [0.15, 0.2) is 0 Å². The third kappa shape index (κ3) is 3.25. The van der Waals surface area contributed by atoms with E-state index in [1.807, 2.05) is 0 Å². The average Bonchev–Trinajstić information content (AvgIpc) is 2.35. The zero-order valence-electron chi connectivity index (χ0n) is 9.97. The molecule has 0 spiro atoms. The first kappa shape index (κ1) is 15.1. The van der Waals surface area contributed by atoms with E-state index in [-0.39, 0.29) is 22.0 Å². The minimum atomic E-state index is -3.79. The summed E-state index contributed by atoms with van der Waals surface area (Å²) in [6.45, 7) is 0. The quantitative estimate of drug-likeness (QED) is 0.523. The number of sulfonamides is 1. The Bertz CT molecular complexity index is 763. The van der Waals surface area contributed by atoms with Gasteiger partial charge in [-0.1, -0.05) is 15.9 Å². The van der Waals surface area contributed by atoms with Crippen molar-refractivity contribution in [2.75, 3.05) is 10.5 Å². The van der Waals surface area contributed by atoms with Crippen molar-refractivity contribution >= 4 is 53.3 Å². The Morgan fingerprint density at radius 3 is 2.45 bits per heavy atom. The van der Waals surface area contributed by atoms with Crippen LogP contribution in [0.4, 0.5) is 11.4 Å². The minimum absolute atomic E-state index is 0.0333. The summed E-state index contributed by atoms with van der Waals surface area (Å²) in [7, 11) is -3.79. The second-order valence-corrected chi connectivity index (χ2v) is 7.37. The standard InChI is InChI=1S/C12H10Br2N2O3S/c13-7-1-3-9(14)12(5-7)20(18,19)16-11-4-2-8(17)6-10(11)15/h1-6,16-17H,15H2. The summed E-state index contributed by atoms with van der Waals surface area (Å²) in [5.74, 6) is -0.0333. The van der Waals surface area contributed by atoms with Crippen LogP contribution in [0.2, 0.25) is 0 Å². The second kappa shape index (κ2) is 5.63. The normalized spacial score (nSPS) is 11.3. The number of benzene rings is 2. The summed E-state index contributed by atoms with van der Waals surface area (Å²) in [4.78, 5) is 0.0827. The Morgan fingerprint density at radius 1 is 1.10 bits per heavy atom. The Morgan fingerprint density at radius 2 is 1.80 bits per heavy atom. The lowest BCUT2D eigenvalue weighted by atomic mass is 10.2. The van der Waals surface area contributed by atoms with E-state index in [4.69, 9.17) is 5.73 Å². The number of halogens is 2. The van der Waals surface area contributed by atoms with Crippen molar-refractivity contribution < 1.29 is 13.5 Å². The molecule has 0 bridgehead atoms. The summed E-state index contributed by atoms with van der Waals surface area (Å²) in [6, 6.07) is 8.84. The van der Waals surface area contributed by atoms with Gasteiger partial charge in [0.1, 0.15) is 10.6 Å². The molecule has 0 heterocycles. The van der Waals surface area contributed by atoms with Gasteiger partial charge in [0, 0.05) is 15.0 Å². The molecule has 0 saturated heterocycles. The molecule has 106 valence electrons. The van der Waals surface area contributed by atoms with Crippen LogP contribution in [0.15, 0.2) is 50.2 Å². The van der Waals surface area contributed by atoms with Crippen LogP contribution in [0.25, 0.3) is 0 Å². The molecule has 5 nitrogen and oxygen atoms in total. The number of phenolic OH excluding ortho intramolecular Hbond substituents is 1. The molecule has 20 heavy (non-hydrogen) atoms. The Hall–Kier alpha value is -1.25. The second-order valence-electron chi connectivity index (χ2n) is 3.95. The molecule has 0 amide bonds. The molecule has 0 atom stereocenters. The van der Waals surface area contributed by atoms with Crippen LogP contribution in [0.3, 0.4) is 0 Å². The third-order valence-electron chi connectivity index (χ3n) is 2.46. The molecular weight excluding hydrogens is 412 g/mol. The largest absolute Gasteiger partial charge is 0.508 e. The van der Waals surface area contributed by atoms with Crippen molar-refractivity contribution in [3.05, 3.63) is 45.3 Å². The van der Waals surface area contributed by atoms with Crippen LogP contribution in [0.1, 0.15) is 0 Å². The molecule has 2 rings (SSSR count). The SMILES string of the molecule is Nc1cc(O)ccc1NS(=O)(=O)c1cc(Br)ccc1Br. The summed E-state index contributed by atoms with van der Waals surface area (Å²) in [6.07, 6.45) is 0. The number of nitrogens with two attached hydrogens (primary N) is 1. The molecule has 4 N–H and O–H groups in total. The van der Waals surface area contributed by atoms with Gasteiger partial charge in [-0.15, -0.1) is 0 Å². The van der Waals surface area contributed by atoms with Crippen LogP contribution in [0.5, 0.6) is 5.75 Å². The van der Waals surface area contributed by atoms with E-state index in [2.05, 4.69) is 36.6 Å². The first-order chi connectivity index (χ1) is 9.29. The maximum Gasteiger partial charge on any atom is 0.263 e. The summed E-state index contributed by atoms with van der Waals surface area (Å²) < 4.78 is 28.1. The molecular formula is C12H10Br2N2O3S. The monoisotopic (exact) mass is 420 g/mol. The lowest BCUT2D eigenvalue weighted by molar-refractivity contribution is 0.475. The van der Waals surface area contributed by atoms with Crippen molar-refractivity contribution in [2.24, 2.45) is 0 Å². The van der Waals surface area contributed by atoms with Gasteiger partial charge in [0.05, 0.1) is 11.4 Å². The maximum absolute atomic E-state index is 12.3. The number of anilines is 2. The summed E-state index contributed by atoms with van der Waals surface area (Å²) in [5, 5.41) is 9.26. The zero-order valence-corrected chi connectivity index (χ0v) is 14.0. The predicted molar refractivity (Wildman–Crippen MR) is 85.2 cm³/mol. The summed E-state index contributed by atoms with van der Waals surface area (Å²) in [5.41, 5.74) is 6.01. The van der Waals surface area contributed by atoms with Gasteiger partial charge in [-0.05, 0) is 46.3 Å². The van der Waals surface area contributed by atoms with Crippen molar-refractivity contribution in [1.82, 2.24) is 0 Å². The number of rotatable bonds is 3. The Balaban J connectivity index is 2.43. The first-order valence-corrected chi connectivity index (χ1v) is 8.43. The van der Waals surface area contributed by atoms with Crippen LogP contribution >= 0.6 is 31.9 Å². The highest BCUT2D eigenvalue weighted by Crippen LogP contribution is 2.30. The Kier molecular flexibility index (Phi) is 4.26. The molecule has 2 aromatic rings. The molecule has 0 saturated carbocycles. The fourth-order valence-corrected chi connectivity index (χ4v) is 4.12. The average molecular weight is 422 g/mol. The van der Waals surface area contributed by atoms with E-state index in [1.165, 1.54) is 24.3 Å². The van der Waals surface area contributed by atoms with Gasteiger partial charge in [0.25, 0.3) is 10.0 Å². The molecule has 2 aromatic carbocycles. The van der Waals surface area contributed by atoms with E-state index in [9.17, 15) is 13.5 Å². The van der Waals surface area contributed by atoms with Gasteiger partial charge < -0.3 is 10.8 Å². The van der Waals surface area contributed by atoms with Crippen molar-refractivity contribution in [3.63, 3.8) is 0 Å². The smallest absolute Gasteiger partial charge is 0.263 e. The Labute approximate surface area is 133 Å². The van der Waals surface area contributed by atoms with Gasteiger partial charge in [-0.25, -0.2) is 8.42 Å². The molecule has 0 radical (unpaired) electrons. The molecule has 0 aromatic heterocycles. The van der Waals surface area contributed by atoms with Crippen LogP contribution in [0, 0.1) is 0 Å². The maximum atomic E-state index is 12.3. The third-order valence-corrected chi connectivity index (χ3v) is 5.31. The fourth-order valence-electron chi connectivity index (χ4n) is 1.53. The van der Waals surface area contributed by atoms with Gasteiger partial charge in [0.2, 0.25) is 0 Å². The minimum Gasteiger partial charge on any atom is -0.508 e. The van der Waals surface area contributed by atoms with E-state index >= 15 is 0 Å². The highest BCUT2D eigenvalue weighted by Gasteiger charge is 2.19. The number of phenols is 1. The van der Waals surface area contributed by atoms with Crippen molar-refractivity contribution in [2.45, 2.75) is 4.90 Å². The van der Waals surface area contributed by atoms with Crippen molar-refractivity contribution in [1.29, 1.82) is 0 Å². The molecule has 0 aliphatic rings.